The number of aryl methyl sites for hydroxylation is 1. The van der Waals surface area contributed by atoms with Crippen molar-refractivity contribution < 1.29 is 23.4 Å². The fourth-order valence-electron chi connectivity index (χ4n) is 2.54. The number of carbonyl (C=O) groups excluding carboxylic acids is 1. The largest absolute Gasteiger partial charge is 0.493 e. The second-order valence-corrected chi connectivity index (χ2v) is 6.79. The van der Waals surface area contributed by atoms with Crippen LogP contribution in [0.5, 0.6) is 17.2 Å². The molecule has 0 aliphatic heterocycles. The summed E-state index contributed by atoms with van der Waals surface area (Å²) in [4.78, 5) is 12.3. The number of ketones is 1. The molecule has 0 unspecified atom stereocenters. The summed E-state index contributed by atoms with van der Waals surface area (Å²) in [5.41, 5.74) is 2.39. The molecule has 0 bridgehead atoms. The van der Waals surface area contributed by atoms with Crippen LogP contribution in [-0.2, 0) is 0 Å². The molecular weight excluding hydrogens is 380 g/mol. The molecule has 0 amide bonds. The quantitative estimate of drug-likeness (QED) is 0.414. The molecule has 1 heterocycles. The van der Waals surface area contributed by atoms with Crippen LogP contribution in [0.4, 0.5) is 0 Å². The minimum atomic E-state index is -0.00228. The van der Waals surface area contributed by atoms with E-state index in [1.165, 1.54) is 33.1 Å². The molecule has 0 N–H and O–H groups in total. The molecule has 0 saturated heterocycles. The van der Waals surface area contributed by atoms with Crippen molar-refractivity contribution in [3.63, 3.8) is 0 Å². The van der Waals surface area contributed by atoms with E-state index in [1.807, 2.05) is 31.2 Å². The van der Waals surface area contributed by atoms with Gasteiger partial charge in [-0.15, -0.1) is 10.2 Å². The van der Waals surface area contributed by atoms with E-state index in [0.717, 1.165) is 5.56 Å². The summed E-state index contributed by atoms with van der Waals surface area (Å²) < 4.78 is 21.7. The topological polar surface area (TPSA) is 83.7 Å². The molecule has 0 spiro atoms. The van der Waals surface area contributed by atoms with Gasteiger partial charge < -0.3 is 18.6 Å². The summed E-state index contributed by atoms with van der Waals surface area (Å²) in [5, 5.41) is 8.37. The number of benzene rings is 2. The molecule has 0 atom stereocenters. The molecule has 3 aromatic rings. The average molecular weight is 400 g/mol. The van der Waals surface area contributed by atoms with Gasteiger partial charge in [0.2, 0.25) is 11.6 Å². The van der Waals surface area contributed by atoms with Crippen LogP contribution >= 0.6 is 11.8 Å². The summed E-state index contributed by atoms with van der Waals surface area (Å²) in [5.74, 6) is 1.95. The van der Waals surface area contributed by atoms with Crippen LogP contribution in [0.25, 0.3) is 11.5 Å². The molecule has 3 rings (SSSR count). The maximum atomic E-state index is 12.3. The molecular formula is C20H20N2O5S. The van der Waals surface area contributed by atoms with Crippen LogP contribution in [0.1, 0.15) is 15.9 Å². The fourth-order valence-corrected chi connectivity index (χ4v) is 3.20. The zero-order valence-corrected chi connectivity index (χ0v) is 16.8. The Labute approximate surface area is 167 Å². The minimum absolute atomic E-state index is 0.00228. The van der Waals surface area contributed by atoms with Crippen molar-refractivity contribution in [1.82, 2.24) is 10.2 Å². The minimum Gasteiger partial charge on any atom is -0.493 e. The van der Waals surface area contributed by atoms with Crippen LogP contribution in [0.2, 0.25) is 0 Å². The van der Waals surface area contributed by atoms with Crippen LogP contribution < -0.4 is 14.2 Å². The number of carbonyl (C=O) groups is 1. The molecule has 7 nitrogen and oxygen atoms in total. The summed E-state index contributed by atoms with van der Waals surface area (Å²) in [6.45, 7) is 1.98. The van der Waals surface area contributed by atoms with Gasteiger partial charge in [0.05, 0.1) is 27.1 Å². The zero-order chi connectivity index (χ0) is 20.1. The molecule has 0 fully saturated rings. The summed E-state index contributed by atoms with van der Waals surface area (Å²) in [6.07, 6.45) is 0. The smallest absolute Gasteiger partial charge is 0.277 e. The Bertz CT molecular complexity index is 944. The Morgan fingerprint density at radius 2 is 1.64 bits per heavy atom. The normalized spacial score (nSPS) is 10.6. The first-order valence-corrected chi connectivity index (χ1v) is 9.40. The Morgan fingerprint density at radius 1 is 1.00 bits per heavy atom. The SMILES string of the molecule is COc1cc(-c2nnc(SCC(=O)c3ccc(C)cc3)o2)cc(OC)c1OC. The van der Waals surface area contributed by atoms with Crippen LogP contribution in [0.15, 0.2) is 46.0 Å². The standard InChI is InChI=1S/C20H20N2O5S/c1-12-5-7-13(8-6-12)15(23)11-28-20-22-21-19(27-20)14-9-16(24-2)18(26-4)17(10-14)25-3/h5-10H,11H2,1-4H3. The maximum Gasteiger partial charge on any atom is 0.277 e. The molecule has 2 aromatic carbocycles. The van der Waals surface area contributed by atoms with Crippen LogP contribution in [-0.4, -0.2) is 43.1 Å². The van der Waals surface area contributed by atoms with Crippen molar-refractivity contribution in [2.75, 3.05) is 27.1 Å². The molecule has 146 valence electrons. The van der Waals surface area contributed by atoms with E-state index in [9.17, 15) is 4.79 Å². The van der Waals surface area contributed by atoms with E-state index in [4.69, 9.17) is 18.6 Å². The van der Waals surface area contributed by atoms with Crippen LogP contribution in [0, 0.1) is 6.92 Å². The highest BCUT2D eigenvalue weighted by Gasteiger charge is 2.18. The first kappa shape index (κ1) is 19.8. The van der Waals surface area contributed by atoms with Crippen molar-refractivity contribution in [2.24, 2.45) is 0 Å². The second kappa shape index (κ2) is 8.79. The van der Waals surface area contributed by atoms with E-state index in [2.05, 4.69) is 10.2 Å². The number of ether oxygens (including phenoxy) is 3. The summed E-state index contributed by atoms with van der Waals surface area (Å²) in [7, 11) is 4.60. The predicted octanol–water partition coefficient (Wildman–Crippen LogP) is 4.05. The van der Waals surface area contributed by atoms with Gasteiger partial charge in [0.25, 0.3) is 5.22 Å². The van der Waals surface area contributed by atoms with Crippen molar-refractivity contribution >= 4 is 17.5 Å². The Morgan fingerprint density at radius 3 is 2.21 bits per heavy atom. The molecule has 28 heavy (non-hydrogen) atoms. The van der Waals surface area contributed by atoms with E-state index >= 15 is 0 Å². The number of nitrogens with zero attached hydrogens (tertiary/aromatic N) is 2. The third-order valence-corrected chi connectivity index (χ3v) is 4.84. The van der Waals surface area contributed by atoms with Crippen LogP contribution in [0.3, 0.4) is 0 Å². The molecule has 0 aliphatic rings. The van der Waals surface area contributed by atoms with Crippen molar-refractivity contribution in [3.8, 4) is 28.7 Å². The van der Waals surface area contributed by atoms with E-state index in [-0.39, 0.29) is 11.5 Å². The lowest BCUT2D eigenvalue weighted by molar-refractivity contribution is 0.102. The predicted molar refractivity (Wildman–Crippen MR) is 106 cm³/mol. The zero-order valence-electron chi connectivity index (χ0n) is 16.0. The van der Waals surface area contributed by atoms with E-state index < -0.39 is 0 Å². The first-order chi connectivity index (χ1) is 13.5. The highest BCUT2D eigenvalue weighted by Crippen LogP contribution is 2.41. The first-order valence-electron chi connectivity index (χ1n) is 8.42. The molecule has 8 heteroatoms. The third kappa shape index (κ3) is 4.28. The van der Waals surface area contributed by atoms with Gasteiger partial charge in [-0.3, -0.25) is 4.79 Å². The number of hydrogen-bond acceptors (Lipinski definition) is 8. The lowest BCUT2D eigenvalue weighted by atomic mass is 10.1. The number of aromatic nitrogens is 2. The Balaban J connectivity index is 1.75. The Hall–Kier alpha value is -3.00. The van der Waals surface area contributed by atoms with Gasteiger partial charge >= 0.3 is 0 Å². The number of hydrogen-bond donors (Lipinski definition) is 0. The molecule has 0 saturated carbocycles. The van der Waals surface area contributed by atoms with Crippen molar-refractivity contribution in [2.45, 2.75) is 12.1 Å². The average Bonchev–Trinajstić information content (AvgIpc) is 3.20. The monoisotopic (exact) mass is 400 g/mol. The third-order valence-electron chi connectivity index (χ3n) is 4.02. The highest BCUT2D eigenvalue weighted by molar-refractivity contribution is 7.99. The van der Waals surface area contributed by atoms with Gasteiger partial charge in [-0.2, -0.15) is 0 Å². The lowest BCUT2D eigenvalue weighted by Crippen LogP contribution is -2.02. The lowest BCUT2D eigenvalue weighted by Gasteiger charge is -2.12. The van der Waals surface area contributed by atoms with E-state index in [0.29, 0.717) is 39.5 Å². The summed E-state index contributed by atoms with van der Waals surface area (Å²) >= 11 is 1.19. The van der Waals surface area contributed by atoms with Gasteiger partial charge in [0.1, 0.15) is 0 Å². The van der Waals surface area contributed by atoms with Gasteiger partial charge in [0.15, 0.2) is 17.3 Å². The molecule has 0 radical (unpaired) electrons. The Kier molecular flexibility index (Phi) is 6.20. The summed E-state index contributed by atoms with van der Waals surface area (Å²) in [6, 6.07) is 10.9. The van der Waals surface area contributed by atoms with Gasteiger partial charge in [-0.25, -0.2) is 0 Å². The van der Waals surface area contributed by atoms with Crippen molar-refractivity contribution in [3.05, 3.63) is 47.5 Å². The molecule has 1 aromatic heterocycles. The number of Topliss-reactive ketones (excluding diaryl/α,β-unsaturated/α-hetero) is 1. The number of rotatable bonds is 8. The highest BCUT2D eigenvalue weighted by atomic mass is 32.2. The van der Waals surface area contributed by atoms with Gasteiger partial charge in [0, 0.05) is 11.1 Å². The van der Waals surface area contributed by atoms with E-state index in [1.54, 1.807) is 12.1 Å². The molecule has 0 aliphatic carbocycles. The van der Waals surface area contributed by atoms with Crippen molar-refractivity contribution in [1.29, 1.82) is 0 Å². The number of thioether (sulfide) groups is 1. The van der Waals surface area contributed by atoms with Gasteiger partial charge in [-0.1, -0.05) is 41.6 Å². The maximum absolute atomic E-state index is 12.3. The number of methoxy groups -OCH3 is 3. The second-order valence-electron chi connectivity index (χ2n) is 5.87. The van der Waals surface area contributed by atoms with Gasteiger partial charge in [-0.05, 0) is 19.1 Å². The fraction of sp³-hybridized carbons (Fsp3) is 0.250.